The Bertz CT molecular complexity index is 461. The van der Waals surface area contributed by atoms with Crippen LogP contribution in [0.3, 0.4) is 0 Å². The van der Waals surface area contributed by atoms with Crippen LogP contribution in [-0.4, -0.2) is 23.5 Å². The Morgan fingerprint density at radius 3 is 2.68 bits per heavy atom. The van der Waals surface area contributed by atoms with Crippen LogP contribution in [0.15, 0.2) is 22.7 Å². The van der Waals surface area contributed by atoms with Crippen LogP contribution in [0.4, 0.5) is 4.39 Å². The Balaban J connectivity index is 1.93. The maximum Gasteiger partial charge on any atom is 0.137 e. The number of rotatable bonds is 2. The van der Waals surface area contributed by atoms with Gasteiger partial charge >= 0.3 is 0 Å². The fourth-order valence-corrected chi connectivity index (χ4v) is 3.56. The van der Waals surface area contributed by atoms with Crippen molar-refractivity contribution in [3.63, 3.8) is 0 Å². The zero-order chi connectivity index (χ0) is 13.4. The van der Waals surface area contributed by atoms with Gasteiger partial charge in [0, 0.05) is 12.1 Å². The van der Waals surface area contributed by atoms with Crippen molar-refractivity contribution in [3.05, 3.63) is 34.1 Å². The van der Waals surface area contributed by atoms with E-state index in [9.17, 15) is 4.39 Å². The molecule has 0 amide bonds. The lowest BCUT2D eigenvalue weighted by molar-refractivity contribution is 0.175. The second-order valence-corrected chi connectivity index (χ2v) is 6.60. The third-order valence-electron chi connectivity index (χ3n) is 4.27. The fourth-order valence-electron chi connectivity index (χ4n) is 3.17. The Morgan fingerprint density at radius 2 is 2.00 bits per heavy atom. The molecule has 2 fully saturated rings. The molecule has 2 nitrogen and oxygen atoms in total. The van der Waals surface area contributed by atoms with Gasteiger partial charge in [0.25, 0.3) is 0 Å². The van der Waals surface area contributed by atoms with Gasteiger partial charge in [0.05, 0.1) is 10.5 Å². The van der Waals surface area contributed by atoms with E-state index in [1.165, 1.54) is 25.7 Å². The van der Waals surface area contributed by atoms with Gasteiger partial charge < -0.3 is 5.73 Å². The van der Waals surface area contributed by atoms with E-state index in [1.54, 1.807) is 6.07 Å². The average molecular weight is 327 g/mol. The Labute approximate surface area is 122 Å². The van der Waals surface area contributed by atoms with Crippen LogP contribution >= 0.6 is 15.9 Å². The smallest absolute Gasteiger partial charge is 0.137 e. The van der Waals surface area contributed by atoms with Crippen molar-refractivity contribution in [2.75, 3.05) is 6.54 Å². The number of hydrogen-bond donors (Lipinski definition) is 1. The summed E-state index contributed by atoms with van der Waals surface area (Å²) in [5.41, 5.74) is 7.55. The predicted octanol–water partition coefficient (Wildman–Crippen LogP) is 3.60. The second-order valence-electron chi connectivity index (χ2n) is 5.75. The number of nitrogens with two attached hydrogens (primary N) is 1. The van der Waals surface area contributed by atoms with Crippen molar-refractivity contribution >= 4 is 15.9 Å². The number of nitrogens with zero attached hydrogens (tertiary/aromatic N) is 1. The molecular weight excluding hydrogens is 307 g/mol. The summed E-state index contributed by atoms with van der Waals surface area (Å²) in [5.74, 6) is -0.205. The monoisotopic (exact) mass is 326 g/mol. The molecule has 1 aliphatic carbocycles. The van der Waals surface area contributed by atoms with Crippen molar-refractivity contribution < 1.29 is 4.39 Å². The lowest BCUT2D eigenvalue weighted by atomic mass is 9.96. The summed E-state index contributed by atoms with van der Waals surface area (Å²) in [6.07, 6.45) is 6.05. The molecule has 4 heteroatoms. The first-order chi connectivity index (χ1) is 9.16. The van der Waals surface area contributed by atoms with Gasteiger partial charge in [-0.25, -0.2) is 4.39 Å². The molecule has 19 heavy (non-hydrogen) atoms. The van der Waals surface area contributed by atoms with Crippen LogP contribution in [0, 0.1) is 5.82 Å². The average Bonchev–Trinajstić information content (AvgIpc) is 3.20. The third kappa shape index (κ3) is 2.86. The van der Waals surface area contributed by atoms with Crippen molar-refractivity contribution in [1.29, 1.82) is 0 Å². The topological polar surface area (TPSA) is 29.3 Å². The van der Waals surface area contributed by atoms with Crippen LogP contribution in [0.1, 0.15) is 43.7 Å². The van der Waals surface area contributed by atoms with Gasteiger partial charge in [0.1, 0.15) is 5.82 Å². The Kier molecular flexibility index (Phi) is 3.92. The highest BCUT2D eigenvalue weighted by molar-refractivity contribution is 9.10. The minimum atomic E-state index is -0.205. The molecule has 2 aliphatic rings. The largest absolute Gasteiger partial charge is 0.326 e. The summed E-state index contributed by atoms with van der Waals surface area (Å²) in [4.78, 5) is 2.55. The van der Waals surface area contributed by atoms with Crippen LogP contribution in [0.2, 0.25) is 0 Å². The summed E-state index contributed by atoms with van der Waals surface area (Å²) in [5, 5.41) is 0. The molecule has 1 aliphatic heterocycles. The van der Waals surface area contributed by atoms with E-state index in [1.807, 2.05) is 12.1 Å². The molecule has 2 atom stereocenters. The summed E-state index contributed by atoms with van der Waals surface area (Å²) >= 11 is 3.29. The van der Waals surface area contributed by atoms with Crippen molar-refractivity contribution in [2.24, 2.45) is 5.73 Å². The molecule has 104 valence electrons. The van der Waals surface area contributed by atoms with Crippen molar-refractivity contribution in [1.82, 2.24) is 4.90 Å². The van der Waals surface area contributed by atoms with Gasteiger partial charge in [0.2, 0.25) is 0 Å². The number of benzene rings is 1. The maximum absolute atomic E-state index is 13.4. The molecule has 3 rings (SSSR count). The lowest BCUT2D eigenvalue weighted by Gasteiger charge is -2.34. The highest BCUT2D eigenvalue weighted by atomic mass is 79.9. The predicted molar refractivity (Wildman–Crippen MR) is 78.4 cm³/mol. The normalized spacial score (nSPS) is 29.2. The molecule has 1 saturated carbocycles. The first-order valence-corrected chi connectivity index (χ1v) is 7.92. The van der Waals surface area contributed by atoms with Gasteiger partial charge in [-0.05, 0) is 65.9 Å². The van der Waals surface area contributed by atoms with Gasteiger partial charge in [0.15, 0.2) is 0 Å². The van der Waals surface area contributed by atoms with E-state index in [2.05, 4.69) is 20.8 Å². The van der Waals surface area contributed by atoms with E-state index in [0.29, 0.717) is 10.5 Å². The molecule has 2 N–H and O–H groups in total. The van der Waals surface area contributed by atoms with Gasteiger partial charge in [-0.15, -0.1) is 0 Å². The highest BCUT2D eigenvalue weighted by Gasteiger charge is 2.38. The first kappa shape index (κ1) is 13.5. The summed E-state index contributed by atoms with van der Waals surface area (Å²) in [6, 6.07) is 6.43. The third-order valence-corrected chi connectivity index (χ3v) is 4.88. The number of hydrogen-bond acceptors (Lipinski definition) is 2. The van der Waals surface area contributed by atoms with E-state index in [-0.39, 0.29) is 17.9 Å². The molecule has 0 radical (unpaired) electrons. The van der Waals surface area contributed by atoms with Crippen molar-refractivity contribution in [3.8, 4) is 0 Å². The molecular formula is C15H20BrFN2. The zero-order valence-corrected chi connectivity index (χ0v) is 12.6. The summed E-state index contributed by atoms with van der Waals surface area (Å²) < 4.78 is 14.0. The molecule has 0 aromatic heterocycles. The molecule has 2 unspecified atom stereocenters. The van der Waals surface area contributed by atoms with Crippen molar-refractivity contribution in [2.45, 2.75) is 50.2 Å². The van der Waals surface area contributed by atoms with E-state index in [4.69, 9.17) is 5.73 Å². The van der Waals surface area contributed by atoms with E-state index < -0.39 is 0 Å². The standard InChI is InChI=1S/C15H20BrFN2/c16-12-9-10(4-7-13(12)17)15-14(18)3-1-2-8-19(15)11-5-6-11/h4,7,9,11,14-15H,1-3,5-6,8,18H2. The van der Waals surface area contributed by atoms with E-state index >= 15 is 0 Å². The minimum absolute atomic E-state index is 0.153. The van der Waals surface area contributed by atoms with E-state index in [0.717, 1.165) is 18.5 Å². The summed E-state index contributed by atoms with van der Waals surface area (Å²) in [7, 11) is 0. The van der Waals surface area contributed by atoms with Gasteiger partial charge in [-0.2, -0.15) is 0 Å². The Morgan fingerprint density at radius 1 is 1.21 bits per heavy atom. The lowest BCUT2D eigenvalue weighted by Crippen LogP contribution is -2.41. The van der Waals surface area contributed by atoms with Gasteiger partial charge in [-0.1, -0.05) is 12.5 Å². The highest BCUT2D eigenvalue weighted by Crippen LogP contribution is 2.39. The second kappa shape index (κ2) is 5.51. The molecule has 0 spiro atoms. The van der Waals surface area contributed by atoms with Crippen LogP contribution in [-0.2, 0) is 0 Å². The molecule has 1 aromatic rings. The quantitative estimate of drug-likeness (QED) is 0.899. The number of likely N-dealkylation sites (tertiary alicyclic amines) is 1. The van der Waals surface area contributed by atoms with Crippen LogP contribution in [0.25, 0.3) is 0 Å². The van der Waals surface area contributed by atoms with Crippen LogP contribution in [0.5, 0.6) is 0 Å². The maximum atomic E-state index is 13.4. The number of halogens is 2. The van der Waals surface area contributed by atoms with Gasteiger partial charge in [-0.3, -0.25) is 4.90 Å². The molecule has 1 saturated heterocycles. The van der Waals surface area contributed by atoms with Crippen LogP contribution < -0.4 is 5.73 Å². The minimum Gasteiger partial charge on any atom is -0.326 e. The molecule has 1 aromatic carbocycles. The summed E-state index contributed by atoms with van der Waals surface area (Å²) in [6.45, 7) is 1.12. The molecule has 0 bridgehead atoms. The Hall–Kier alpha value is -0.450. The zero-order valence-electron chi connectivity index (χ0n) is 11.0. The molecule has 1 heterocycles. The fraction of sp³-hybridized carbons (Fsp3) is 0.600. The first-order valence-electron chi connectivity index (χ1n) is 7.13. The SMILES string of the molecule is NC1CCCCN(C2CC2)C1c1ccc(F)c(Br)c1.